The molecule has 2 rings (SSSR count). The van der Waals surface area contributed by atoms with Gasteiger partial charge in [-0.3, -0.25) is 4.79 Å². The fourth-order valence-electron chi connectivity index (χ4n) is 1.84. The fraction of sp³-hybridized carbons (Fsp3) is 0.667. The number of piperidine rings is 1. The van der Waals surface area contributed by atoms with Gasteiger partial charge >= 0.3 is 0 Å². The van der Waals surface area contributed by atoms with E-state index in [0.717, 1.165) is 19.4 Å². The Morgan fingerprint density at radius 3 is 3.07 bits per heavy atom. The summed E-state index contributed by atoms with van der Waals surface area (Å²) in [6.07, 6.45) is 2.26. The molecule has 0 saturated carbocycles. The van der Waals surface area contributed by atoms with Gasteiger partial charge in [0.25, 0.3) is 11.7 Å². The van der Waals surface area contributed by atoms with Crippen LogP contribution in [0.15, 0.2) is 4.52 Å². The Hall–Kier alpha value is -1.43. The van der Waals surface area contributed by atoms with Gasteiger partial charge in [0.15, 0.2) is 0 Å². The van der Waals surface area contributed by atoms with Crippen LogP contribution in [0.1, 0.15) is 42.3 Å². The number of amides is 1. The van der Waals surface area contributed by atoms with Crippen LogP contribution in [0.25, 0.3) is 0 Å². The summed E-state index contributed by atoms with van der Waals surface area (Å²) in [5, 5.41) is 6.81. The lowest BCUT2D eigenvalue weighted by Crippen LogP contribution is -2.33. The molecule has 0 aliphatic carbocycles. The van der Waals surface area contributed by atoms with E-state index in [2.05, 4.69) is 22.4 Å². The Balaban J connectivity index is 2.17. The quantitative estimate of drug-likeness (QED) is 0.728. The summed E-state index contributed by atoms with van der Waals surface area (Å²) in [5.41, 5.74) is 5.05. The van der Waals surface area contributed by atoms with Crippen molar-refractivity contribution in [3.05, 3.63) is 11.7 Å². The van der Waals surface area contributed by atoms with Gasteiger partial charge in [-0.2, -0.15) is 4.98 Å². The first-order chi connectivity index (χ1) is 7.18. The Labute approximate surface area is 87.2 Å². The SMILES string of the molecule is CC1CCCNC1c1nc(C(N)=O)no1. The fourth-order valence-corrected chi connectivity index (χ4v) is 1.84. The van der Waals surface area contributed by atoms with Gasteiger partial charge in [0.1, 0.15) is 0 Å². The molecule has 1 aliphatic heterocycles. The van der Waals surface area contributed by atoms with Gasteiger partial charge in [0, 0.05) is 0 Å². The van der Waals surface area contributed by atoms with E-state index in [-0.39, 0.29) is 11.9 Å². The van der Waals surface area contributed by atoms with E-state index >= 15 is 0 Å². The highest BCUT2D eigenvalue weighted by Gasteiger charge is 2.28. The molecule has 6 heteroatoms. The third-order valence-electron chi connectivity index (χ3n) is 2.70. The molecule has 2 heterocycles. The molecule has 0 radical (unpaired) electrons. The average molecular weight is 210 g/mol. The summed E-state index contributed by atoms with van der Waals surface area (Å²) in [6, 6.07) is 0.0411. The molecule has 1 amide bonds. The zero-order chi connectivity index (χ0) is 10.8. The van der Waals surface area contributed by atoms with Crippen molar-refractivity contribution in [1.29, 1.82) is 0 Å². The molecule has 3 N–H and O–H groups in total. The number of carbonyl (C=O) groups excluding carboxylic acids is 1. The van der Waals surface area contributed by atoms with Crippen LogP contribution in [0.3, 0.4) is 0 Å². The number of hydrogen-bond donors (Lipinski definition) is 2. The minimum Gasteiger partial charge on any atom is -0.363 e. The molecule has 2 atom stereocenters. The van der Waals surface area contributed by atoms with Crippen molar-refractivity contribution in [2.45, 2.75) is 25.8 Å². The summed E-state index contributed by atoms with van der Waals surface area (Å²) >= 11 is 0. The molecule has 1 fully saturated rings. The first kappa shape index (κ1) is 10.1. The van der Waals surface area contributed by atoms with Crippen molar-refractivity contribution in [2.75, 3.05) is 6.54 Å². The number of rotatable bonds is 2. The maximum atomic E-state index is 10.8. The van der Waals surface area contributed by atoms with Crippen LogP contribution in [-0.4, -0.2) is 22.6 Å². The van der Waals surface area contributed by atoms with E-state index in [1.807, 2.05) is 0 Å². The highest BCUT2D eigenvalue weighted by atomic mass is 16.5. The highest BCUT2D eigenvalue weighted by Crippen LogP contribution is 2.27. The normalized spacial score (nSPS) is 26.5. The van der Waals surface area contributed by atoms with E-state index in [9.17, 15) is 4.79 Å². The van der Waals surface area contributed by atoms with Gasteiger partial charge < -0.3 is 15.6 Å². The summed E-state index contributed by atoms with van der Waals surface area (Å²) in [4.78, 5) is 14.8. The first-order valence-electron chi connectivity index (χ1n) is 5.05. The summed E-state index contributed by atoms with van der Waals surface area (Å²) in [7, 11) is 0. The van der Waals surface area contributed by atoms with E-state index in [4.69, 9.17) is 10.3 Å². The van der Waals surface area contributed by atoms with Gasteiger partial charge in [0.05, 0.1) is 6.04 Å². The Kier molecular flexibility index (Phi) is 2.68. The van der Waals surface area contributed by atoms with Crippen LogP contribution >= 0.6 is 0 Å². The second-order valence-corrected chi connectivity index (χ2v) is 3.87. The number of aromatic nitrogens is 2. The maximum absolute atomic E-state index is 10.8. The van der Waals surface area contributed by atoms with E-state index < -0.39 is 5.91 Å². The molecule has 2 unspecified atom stereocenters. The number of nitrogens with zero attached hydrogens (tertiary/aromatic N) is 2. The van der Waals surface area contributed by atoms with Crippen LogP contribution in [0.4, 0.5) is 0 Å². The second kappa shape index (κ2) is 3.98. The molecular weight excluding hydrogens is 196 g/mol. The molecule has 1 aliphatic rings. The van der Waals surface area contributed by atoms with Crippen LogP contribution < -0.4 is 11.1 Å². The summed E-state index contributed by atoms with van der Waals surface area (Å²) < 4.78 is 5.01. The van der Waals surface area contributed by atoms with Crippen molar-refractivity contribution in [1.82, 2.24) is 15.5 Å². The third kappa shape index (κ3) is 1.99. The molecule has 0 bridgehead atoms. The summed E-state index contributed by atoms with van der Waals surface area (Å²) in [5.74, 6) is 0.175. The minimum atomic E-state index is -0.659. The molecule has 0 aromatic carbocycles. The third-order valence-corrected chi connectivity index (χ3v) is 2.70. The molecular formula is C9H14N4O2. The Bertz CT molecular complexity index is 363. The minimum absolute atomic E-state index is 0.0411. The van der Waals surface area contributed by atoms with Gasteiger partial charge in [-0.15, -0.1) is 0 Å². The van der Waals surface area contributed by atoms with Crippen LogP contribution in [0.2, 0.25) is 0 Å². The van der Waals surface area contributed by atoms with E-state index in [1.165, 1.54) is 0 Å². The molecule has 0 spiro atoms. The monoisotopic (exact) mass is 210 g/mol. The molecule has 6 nitrogen and oxygen atoms in total. The predicted molar refractivity (Wildman–Crippen MR) is 52.0 cm³/mol. The van der Waals surface area contributed by atoms with Crippen molar-refractivity contribution >= 4 is 5.91 Å². The Morgan fingerprint density at radius 2 is 2.47 bits per heavy atom. The van der Waals surface area contributed by atoms with Gasteiger partial charge in [0.2, 0.25) is 5.89 Å². The molecule has 1 aromatic rings. The van der Waals surface area contributed by atoms with Crippen LogP contribution in [0, 0.1) is 5.92 Å². The van der Waals surface area contributed by atoms with E-state index in [1.54, 1.807) is 0 Å². The van der Waals surface area contributed by atoms with Gasteiger partial charge in [-0.25, -0.2) is 0 Å². The second-order valence-electron chi connectivity index (χ2n) is 3.87. The summed E-state index contributed by atoms with van der Waals surface area (Å²) in [6.45, 7) is 3.05. The lowest BCUT2D eigenvalue weighted by atomic mass is 9.93. The van der Waals surface area contributed by atoms with Crippen molar-refractivity contribution < 1.29 is 9.32 Å². The zero-order valence-corrected chi connectivity index (χ0v) is 8.56. The largest absolute Gasteiger partial charge is 0.363 e. The molecule has 82 valence electrons. The van der Waals surface area contributed by atoms with Gasteiger partial charge in [-0.1, -0.05) is 12.1 Å². The topological polar surface area (TPSA) is 94.0 Å². The smallest absolute Gasteiger partial charge is 0.290 e. The van der Waals surface area contributed by atoms with Crippen LogP contribution in [-0.2, 0) is 0 Å². The van der Waals surface area contributed by atoms with E-state index in [0.29, 0.717) is 11.8 Å². The maximum Gasteiger partial charge on any atom is 0.290 e. The average Bonchev–Trinajstić information content (AvgIpc) is 2.67. The number of hydrogen-bond acceptors (Lipinski definition) is 5. The lowest BCUT2D eigenvalue weighted by molar-refractivity contribution is 0.0987. The lowest BCUT2D eigenvalue weighted by Gasteiger charge is -2.26. The van der Waals surface area contributed by atoms with Crippen molar-refractivity contribution in [2.24, 2.45) is 11.7 Å². The predicted octanol–water partition coefficient (Wildman–Crippen LogP) is 0.229. The number of primary amides is 1. The van der Waals surface area contributed by atoms with Crippen molar-refractivity contribution in [3.8, 4) is 0 Å². The van der Waals surface area contributed by atoms with Gasteiger partial charge in [-0.05, 0) is 25.3 Å². The number of carbonyl (C=O) groups is 1. The number of nitrogens with one attached hydrogen (secondary N) is 1. The first-order valence-corrected chi connectivity index (χ1v) is 5.05. The van der Waals surface area contributed by atoms with Crippen molar-refractivity contribution in [3.63, 3.8) is 0 Å². The molecule has 1 saturated heterocycles. The number of nitrogens with two attached hydrogens (primary N) is 1. The highest BCUT2D eigenvalue weighted by molar-refractivity contribution is 5.88. The molecule has 1 aromatic heterocycles. The molecule has 15 heavy (non-hydrogen) atoms. The standard InChI is InChI=1S/C9H14N4O2/c1-5-3-2-4-11-6(5)9-12-8(7(10)14)13-15-9/h5-6,11H,2-4H2,1H3,(H2,10,14). The van der Waals surface area contributed by atoms with Crippen LogP contribution in [0.5, 0.6) is 0 Å². The Morgan fingerprint density at radius 1 is 1.67 bits per heavy atom. The zero-order valence-electron chi connectivity index (χ0n) is 8.56.